The lowest BCUT2D eigenvalue weighted by atomic mass is 9.71. The lowest BCUT2D eigenvalue weighted by molar-refractivity contribution is 0.0406. The second-order valence-corrected chi connectivity index (χ2v) is 5.52. The predicted molar refractivity (Wildman–Crippen MR) is 68.1 cm³/mol. The predicted octanol–water partition coefficient (Wildman–Crippen LogP) is 3.79. The van der Waals surface area contributed by atoms with Crippen molar-refractivity contribution in [2.45, 2.75) is 59.4 Å². The first kappa shape index (κ1) is 13.0. The quantitative estimate of drug-likeness (QED) is 0.684. The molecule has 90 valence electrons. The van der Waals surface area contributed by atoms with Crippen molar-refractivity contribution >= 4 is 0 Å². The van der Waals surface area contributed by atoms with Crippen LogP contribution >= 0.6 is 0 Å². The summed E-state index contributed by atoms with van der Waals surface area (Å²) in [5.74, 6) is 2.80. The molecule has 0 N–H and O–H groups in total. The van der Waals surface area contributed by atoms with E-state index >= 15 is 0 Å². The van der Waals surface area contributed by atoms with Gasteiger partial charge in [-0.15, -0.1) is 0 Å². The molecule has 1 nitrogen and oxygen atoms in total. The molecular weight excluding hydrogens is 182 g/mol. The van der Waals surface area contributed by atoms with E-state index in [2.05, 4.69) is 39.6 Å². The van der Waals surface area contributed by atoms with E-state index in [-0.39, 0.29) is 0 Å². The zero-order chi connectivity index (χ0) is 11.4. The molecule has 1 aliphatic heterocycles. The van der Waals surface area contributed by atoms with Gasteiger partial charge in [0, 0.05) is 6.04 Å². The maximum absolute atomic E-state index is 2.56. The molecule has 0 radical (unpaired) electrons. The van der Waals surface area contributed by atoms with Gasteiger partial charge in [0.2, 0.25) is 0 Å². The second kappa shape index (κ2) is 5.89. The maximum Gasteiger partial charge on any atom is 0.00973 e. The normalized spacial score (nSPS) is 35.4. The topological polar surface area (TPSA) is 3.24 Å². The molecule has 0 amide bonds. The van der Waals surface area contributed by atoms with E-state index in [0.29, 0.717) is 0 Å². The lowest BCUT2D eigenvalue weighted by Crippen LogP contribution is -2.47. The van der Waals surface area contributed by atoms with Crippen LogP contribution in [0.3, 0.4) is 0 Å². The molecular formula is C14H29N. The van der Waals surface area contributed by atoms with Crippen molar-refractivity contribution in [1.29, 1.82) is 0 Å². The number of piperidine rings is 1. The summed E-state index contributed by atoms with van der Waals surface area (Å²) in [5.41, 5.74) is 0. The van der Waals surface area contributed by atoms with Gasteiger partial charge in [0.05, 0.1) is 0 Å². The van der Waals surface area contributed by atoms with Crippen LogP contribution in [0, 0.1) is 17.8 Å². The third-order valence-corrected chi connectivity index (χ3v) is 4.57. The molecule has 15 heavy (non-hydrogen) atoms. The van der Waals surface area contributed by atoms with E-state index in [1.165, 1.54) is 32.2 Å². The number of hydrogen-bond acceptors (Lipinski definition) is 1. The van der Waals surface area contributed by atoms with Crippen LogP contribution in [0.15, 0.2) is 0 Å². The molecule has 0 bridgehead atoms. The molecule has 0 aromatic heterocycles. The van der Waals surface area contributed by atoms with E-state index in [9.17, 15) is 0 Å². The number of nitrogens with zero attached hydrogens (tertiary/aromatic N) is 1. The van der Waals surface area contributed by atoms with Crippen LogP contribution in [0.5, 0.6) is 0 Å². The Kier molecular flexibility index (Phi) is 5.11. The smallest absolute Gasteiger partial charge is 0.00973 e. The standard InChI is InChI=1S/C14H29N/c1-6-8-11(3)14-12(4)15(5)10-9-13(14)7-2/h11-14H,6-10H2,1-5H3. The Bertz CT molecular complexity index is 176. The Morgan fingerprint density at radius 2 is 2.00 bits per heavy atom. The van der Waals surface area contributed by atoms with Crippen LogP contribution in [0.2, 0.25) is 0 Å². The summed E-state index contributed by atoms with van der Waals surface area (Å²) >= 11 is 0. The van der Waals surface area contributed by atoms with Gasteiger partial charge in [0.1, 0.15) is 0 Å². The second-order valence-electron chi connectivity index (χ2n) is 5.52. The summed E-state index contributed by atoms with van der Waals surface area (Å²) in [4.78, 5) is 2.56. The van der Waals surface area contributed by atoms with Crippen LogP contribution in [0.25, 0.3) is 0 Å². The summed E-state index contributed by atoms with van der Waals surface area (Å²) in [5, 5.41) is 0. The largest absolute Gasteiger partial charge is 0.303 e. The minimum atomic E-state index is 0.783. The van der Waals surface area contributed by atoms with E-state index in [1.807, 2.05) is 0 Å². The maximum atomic E-state index is 2.56. The fourth-order valence-electron chi connectivity index (χ4n) is 3.52. The fraction of sp³-hybridized carbons (Fsp3) is 1.00. The van der Waals surface area contributed by atoms with Crippen molar-refractivity contribution in [2.24, 2.45) is 17.8 Å². The zero-order valence-corrected chi connectivity index (χ0v) is 11.3. The monoisotopic (exact) mass is 211 g/mol. The van der Waals surface area contributed by atoms with Gasteiger partial charge in [0.25, 0.3) is 0 Å². The van der Waals surface area contributed by atoms with Crippen molar-refractivity contribution in [3.8, 4) is 0 Å². The Morgan fingerprint density at radius 1 is 1.33 bits per heavy atom. The molecule has 0 aliphatic carbocycles. The highest BCUT2D eigenvalue weighted by atomic mass is 15.1. The molecule has 4 atom stereocenters. The van der Waals surface area contributed by atoms with Crippen molar-refractivity contribution in [1.82, 2.24) is 4.90 Å². The van der Waals surface area contributed by atoms with Gasteiger partial charge in [-0.25, -0.2) is 0 Å². The first-order chi connectivity index (χ1) is 7.11. The third-order valence-electron chi connectivity index (χ3n) is 4.57. The van der Waals surface area contributed by atoms with E-state index in [1.54, 1.807) is 0 Å². The highest BCUT2D eigenvalue weighted by molar-refractivity contribution is 4.87. The summed E-state index contributed by atoms with van der Waals surface area (Å²) in [6.07, 6.45) is 5.52. The Labute approximate surface area is 96.2 Å². The fourth-order valence-corrected chi connectivity index (χ4v) is 3.52. The van der Waals surface area contributed by atoms with Crippen molar-refractivity contribution < 1.29 is 0 Å². The third kappa shape index (κ3) is 2.96. The summed E-state index contributed by atoms with van der Waals surface area (Å²) in [6, 6.07) is 0.783. The highest BCUT2D eigenvalue weighted by Crippen LogP contribution is 2.37. The van der Waals surface area contributed by atoms with Crippen molar-refractivity contribution in [3.63, 3.8) is 0 Å². The first-order valence-corrected chi connectivity index (χ1v) is 6.82. The van der Waals surface area contributed by atoms with Gasteiger partial charge < -0.3 is 4.90 Å². The molecule has 4 unspecified atom stereocenters. The molecule has 1 heterocycles. The Balaban J connectivity index is 2.67. The number of likely N-dealkylation sites (tertiary alicyclic amines) is 1. The summed E-state index contributed by atoms with van der Waals surface area (Å²) in [6.45, 7) is 10.9. The van der Waals surface area contributed by atoms with E-state index in [0.717, 1.165) is 23.8 Å². The van der Waals surface area contributed by atoms with Crippen LogP contribution in [0.1, 0.15) is 53.4 Å². The van der Waals surface area contributed by atoms with E-state index < -0.39 is 0 Å². The summed E-state index contributed by atoms with van der Waals surface area (Å²) in [7, 11) is 2.29. The minimum absolute atomic E-state index is 0.783. The number of hydrogen-bond donors (Lipinski definition) is 0. The molecule has 0 saturated carbocycles. The van der Waals surface area contributed by atoms with Gasteiger partial charge >= 0.3 is 0 Å². The van der Waals surface area contributed by atoms with Crippen LogP contribution in [-0.4, -0.2) is 24.5 Å². The van der Waals surface area contributed by atoms with Gasteiger partial charge in [-0.05, 0) is 44.7 Å². The molecule has 1 rings (SSSR count). The van der Waals surface area contributed by atoms with Crippen molar-refractivity contribution in [3.05, 3.63) is 0 Å². The van der Waals surface area contributed by atoms with Gasteiger partial charge in [-0.1, -0.05) is 40.0 Å². The van der Waals surface area contributed by atoms with Gasteiger partial charge in [0.15, 0.2) is 0 Å². The first-order valence-electron chi connectivity index (χ1n) is 6.82. The molecule has 1 aliphatic rings. The SMILES string of the molecule is CCCC(C)C1C(CC)CCN(C)C1C. The molecule has 0 aromatic carbocycles. The van der Waals surface area contributed by atoms with Gasteiger partial charge in [-0.3, -0.25) is 0 Å². The Hall–Kier alpha value is -0.0400. The molecule has 1 saturated heterocycles. The molecule has 1 heteroatoms. The van der Waals surface area contributed by atoms with Gasteiger partial charge in [-0.2, -0.15) is 0 Å². The average Bonchev–Trinajstić information content (AvgIpc) is 2.22. The number of rotatable bonds is 4. The lowest BCUT2D eigenvalue weighted by Gasteiger charge is -2.45. The Morgan fingerprint density at radius 3 is 2.53 bits per heavy atom. The molecule has 0 aromatic rings. The molecule has 0 spiro atoms. The highest BCUT2D eigenvalue weighted by Gasteiger charge is 2.35. The molecule has 1 fully saturated rings. The van der Waals surface area contributed by atoms with Crippen LogP contribution in [0.4, 0.5) is 0 Å². The average molecular weight is 211 g/mol. The summed E-state index contributed by atoms with van der Waals surface area (Å²) < 4.78 is 0. The van der Waals surface area contributed by atoms with Crippen molar-refractivity contribution in [2.75, 3.05) is 13.6 Å². The van der Waals surface area contributed by atoms with E-state index in [4.69, 9.17) is 0 Å². The minimum Gasteiger partial charge on any atom is -0.303 e. The zero-order valence-electron chi connectivity index (χ0n) is 11.3. The van der Waals surface area contributed by atoms with Crippen LogP contribution in [-0.2, 0) is 0 Å². The van der Waals surface area contributed by atoms with Crippen LogP contribution < -0.4 is 0 Å².